The normalized spacial score (nSPS) is 10.9. The quantitative estimate of drug-likeness (QED) is 0.493. The van der Waals surface area contributed by atoms with Crippen molar-refractivity contribution in [3.8, 4) is 6.07 Å². The lowest BCUT2D eigenvalue weighted by molar-refractivity contribution is -0.146. The summed E-state index contributed by atoms with van der Waals surface area (Å²) in [6.07, 6.45) is 0. The lowest BCUT2D eigenvalue weighted by Crippen LogP contribution is -2.32. The standard InChI is InChI=1S/C20H22N4O6S2/c1-3-24(4-2)32(28,29)16-7-5-14(6-8-16)19(27)22-12-18(26)30-13-17(25)23-20-15(11-21)9-10-31-20/h5-10H,3-4,12-13H2,1-2H3,(H,22,27)(H,23,25). The highest BCUT2D eigenvalue weighted by Crippen LogP contribution is 2.21. The number of anilines is 1. The summed E-state index contributed by atoms with van der Waals surface area (Å²) in [7, 11) is -3.64. The van der Waals surface area contributed by atoms with E-state index in [-0.39, 0.29) is 10.5 Å². The molecular weight excluding hydrogens is 456 g/mol. The molecule has 2 N–H and O–H groups in total. The number of thiophene rings is 1. The Labute approximate surface area is 189 Å². The van der Waals surface area contributed by atoms with Gasteiger partial charge in [-0.2, -0.15) is 9.57 Å². The van der Waals surface area contributed by atoms with Crippen molar-refractivity contribution in [3.05, 3.63) is 46.8 Å². The lowest BCUT2D eigenvalue weighted by atomic mass is 10.2. The number of esters is 1. The molecule has 0 unspecified atom stereocenters. The second-order valence-electron chi connectivity index (χ2n) is 6.28. The third-order valence-electron chi connectivity index (χ3n) is 4.26. The van der Waals surface area contributed by atoms with Crippen LogP contribution in [-0.4, -0.2) is 56.7 Å². The Morgan fingerprint density at radius 2 is 1.78 bits per heavy atom. The minimum Gasteiger partial charge on any atom is -0.454 e. The summed E-state index contributed by atoms with van der Waals surface area (Å²) in [5.74, 6) is -2.05. The third kappa shape index (κ3) is 6.36. The second-order valence-corrected chi connectivity index (χ2v) is 9.13. The molecule has 0 spiro atoms. The molecule has 1 heterocycles. The molecule has 1 aromatic carbocycles. The maximum atomic E-state index is 12.5. The van der Waals surface area contributed by atoms with E-state index in [1.165, 1.54) is 28.6 Å². The Balaban J connectivity index is 1.83. The number of nitriles is 1. The van der Waals surface area contributed by atoms with Gasteiger partial charge >= 0.3 is 5.97 Å². The summed E-state index contributed by atoms with van der Waals surface area (Å²) in [5, 5.41) is 15.7. The van der Waals surface area contributed by atoms with Crippen molar-refractivity contribution in [2.45, 2.75) is 18.7 Å². The van der Waals surface area contributed by atoms with Gasteiger partial charge in [-0.3, -0.25) is 14.4 Å². The van der Waals surface area contributed by atoms with Crippen molar-refractivity contribution in [2.24, 2.45) is 0 Å². The summed E-state index contributed by atoms with van der Waals surface area (Å²) in [4.78, 5) is 35.9. The number of ether oxygens (including phenoxy) is 1. The molecule has 0 atom stereocenters. The SMILES string of the molecule is CCN(CC)S(=O)(=O)c1ccc(C(=O)NCC(=O)OCC(=O)Nc2sccc2C#N)cc1. The van der Waals surface area contributed by atoms with Gasteiger partial charge in [0.25, 0.3) is 11.8 Å². The van der Waals surface area contributed by atoms with E-state index in [1.807, 2.05) is 6.07 Å². The van der Waals surface area contributed by atoms with Crippen LogP contribution < -0.4 is 10.6 Å². The molecule has 0 saturated heterocycles. The van der Waals surface area contributed by atoms with Crippen molar-refractivity contribution in [3.63, 3.8) is 0 Å². The van der Waals surface area contributed by atoms with E-state index < -0.39 is 41.0 Å². The van der Waals surface area contributed by atoms with E-state index >= 15 is 0 Å². The largest absolute Gasteiger partial charge is 0.454 e. The Morgan fingerprint density at radius 3 is 2.38 bits per heavy atom. The number of nitrogens with zero attached hydrogens (tertiary/aromatic N) is 2. The predicted octanol–water partition coefficient (Wildman–Crippen LogP) is 1.56. The minimum absolute atomic E-state index is 0.0634. The van der Waals surface area contributed by atoms with Crippen LogP contribution in [0.5, 0.6) is 0 Å². The summed E-state index contributed by atoms with van der Waals surface area (Å²) >= 11 is 1.16. The van der Waals surface area contributed by atoms with Gasteiger partial charge in [0.15, 0.2) is 6.61 Å². The fraction of sp³-hybridized carbons (Fsp3) is 0.300. The number of hydrogen-bond donors (Lipinski definition) is 2. The highest BCUT2D eigenvalue weighted by Gasteiger charge is 2.21. The number of hydrogen-bond acceptors (Lipinski definition) is 8. The Morgan fingerprint density at radius 1 is 1.12 bits per heavy atom. The number of benzene rings is 1. The highest BCUT2D eigenvalue weighted by molar-refractivity contribution is 7.89. The molecule has 2 amide bonds. The Hall–Kier alpha value is -3.27. The topological polar surface area (TPSA) is 146 Å². The van der Waals surface area contributed by atoms with Gasteiger partial charge in [0, 0.05) is 18.7 Å². The van der Waals surface area contributed by atoms with E-state index in [4.69, 9.17) is 10.00 Å². The smallest absolute Gasteiger partial charge is 0.325 e. The van der Waals surface area contributed by atoms with Crippen LogP contribution in [0.25, 0.3) is 0 Å². The number of rotatable bonds is 10. The van der Waals surface area contributed by atoms with Crippen LogP contribution in [0.4, 0.5) is 5.00 Å². The predicted molar refractivity (Wildman–Crippen MR) is 118 cm³/mol. The van der Waals surface area contributed by atoms with E-state index in [9.17, 15) is 22.8 Å². The first-order chi connectivity index (χ1) is 15.2. The summed E-state index contributed by atoms with van der Waals surface area (Å²) in [6.45, 7) is 3.07. The van der Waals surface area contributed by atoms with Gasteiger partial charge in [0.2, 0.25) is 10.0 Å². The van der Waals surface area contributed by atoms with Crippen LogP contribution in [0.3, 0.4) is 0 Å². The monoisotopic (exact) mass is 478 g/mol. The summed E-state index contributed by atoms with van der Waals surface area (Å²) < 4.78 is 31.0. The Bertz CT molecular complexity index is 1120. The van der Waals surface area contributed by atoms with Gasteiger partial charge < -0.3 is 15.4 Å². The molecule has 0 bridgehead atoms. The first-order valence-electron chi connectivity index (χ1n) is 9.54. The summed E-state index contributed by atoms with van der Waals surface area (Å²) in [5.41, 5.74) is 0.466. The molecule has 0 fully saturated rings. The van der Waals surface area contributed by atoms with Crippen LogP contribution in [0.2, 0.25) is 0 Å². The van der Waals surface area contributed by atoms with E-state index in [1.54, 1.807) is 25.3 Å². The summed E-state index contributed by atoms with van der Waals surface area (Å²) in [6, 6.07) is 8.81. The van der Waals surface area contributed by atoms with E-state index in [0.717, 1.165) is 11.3 Å². The van der Waals surface area contributed by atoms with Gasteiger partial charge in [-0.25, -0.2) is 8.42 Å². The molecular formula is C20H22N4O6S2. The van der Waals surface area contributed by atoms with Crippen molar-refractivity contribution < 1.29 is 27.5 Å². The van der Waals surface area contributed by atoms with Gasteiger partial charge in [-0.15, -0.1) is 11.3 Å². The first kappa shape index (κ1) is 25.0. The van der Waals surface area contributed by atoms with Crippen LogP contribution >= 0.6 is 11.3 Å². The lowest BCUT2D eigenvalue weighted by Gasteiger charge is -2.18. The molecule has 2 aromatic rings. The van der Waals surface area contributed by atoms with Crippen molar-refractivity contribution in [1.82, 2.24) is 9.62 Å². The third-order valence-corrected chi connectivity index (χ3v) is 7.15. The maximum absolute atomic E-state index is 12.5. The van der Waals surface area contributed by atoms with Gasteiger partial charge in [-0.05, 0) is 35.7 Å². The number of sulfonamides is 1. The molecule has 1 aromatic heterocycles. The number of nitrogens with one attached hydrogen (secondary N) is 2. The molecule has 32 heavy (non-hydrogen) atoms. The number of carbonyl (C=O) groups excluding carboxylic acids is 3. The average molecular weight is 479 g/mol. The zero-order valence-electron chi connectivity index (χ0n) is 17.5. The molecule has 2 rings (SSSR count). The second kappa shape index (κ2) is 11.4. The van der Waals surface area contributed by atoms with Crippen molar-refractivity contribution >= 4 is 44.1 Å². The average Bonchev–Trinajstić information content (AvgIpc) is 3.23. The van der Waals surface area contributed by atoms with Gasteiger partial charge in [0.1, 0.15) is 17.6 Å². The molecule has 0 aliphatic carbocycles. The van der Waals surface area contributed by atoms with E-state index in [0.29, 0.717) is 23.7 Å². The molecule has 0 aliphatic heterocycles. The molecule has 10 nitrogen and oxygen atoms in total. The first-order valence-corrected chi connectivity index (χ1v) is 11.9. The Kier molecular flexibility index (Phi) is 8.89. The van der Waals surface area contributed by atoms with Crippen LogP contribution in [0.1, 0.15) is 29.8 Å². The van der Waals surface area contributed by atoms with Crippen molar-refractivity contribution in [1.29, 1.82) is 5.26 Å². The zero-order chi connectivity index (χ0) is 23.7. The van der Waals surface area contributed by atoms with Crippen LogP contribution in [0.15, 0.2) is 40.6 Å². The fourth-order valence-electron chi connectivity index (χ4n) is 2.60. The fourth-order valence-corrected chi connectivity index (χ4v) is 4.81. The molecule has 0 aliphatic rings. The molecule has 0 saturated carbocycles. The molecule has 170 valence electrons. The zero-order valence-corrected chi connectivity index (χ0v) is 19.1. The maximum Gasteiger partial charge on any atom is 0.325 e. The van der Waals surface area contributed by atoms with Gasteiger partial charge in [0.05, 0.1) is 10.5 Å². The number of amides is 2. The van der Waals surface area contributed by atoms with Gasteiger partial charge in [-0.1, -0.05) is 13.8 Å². The van der Waals surface area contributed by atoms with Crippen molar-refractivity contribution in [2.75, 3.05) is 31.6 Å². The van der Waals surface area contributed by atoms with E-state index in [2.05, 4.69) is 10.6 Å². The minimum atomic E-state index is -3.64. The number of carbonyl (C=O) groups is 3. The highest BCUT2D eigenvalue weighted by atomic mass is 32.2. The molecule has 12 heteroatoms. The van der Waals surface area contributed by atoms with Crippen LogP contribution in [-0.2, 0) is 24.3 Å². The molecule has 0 radical (unpaired) electrons. The van der Waals surface area contributed by atoms with Crippen LogP contribution in [0, 0.1) is 11.3 Å².